The van der Waals surface area contributed by atoms with E-state index in [2.05, 4.69) is 0 Å². The predicted octanol–water partition coefficient (Wildman–Crippen LogP) is 5.25. The molecule has 0 bridgehead atoms. The molecule has 0 N–H and O–H groups in total. The van der Waals surface area contributed by atoms with Gasteiger partial charge in [-0.1, -0.05) is 30.3 Å². The van der Waals surface area contributed by atoms with Crippen LogP contribution in [0.15, 0.2) is 54.6 Å². The van der Waals surface area contributed by atoms with Gasteiger partial charge in [0.1, 0.15) is 24.6 Å². The average molecular weight is 613 g/mol. The highest BCUT2D eigenvalue weighted by Crippen LogP contribution is 2.39. The molecule has 0 unspecified atom stereocenters. The largest absolute Gasteiger partial charge is 0.463 e. The van der Waals surface area contributed by atoms with Crippen LogP contribution in [0.1, 0.15) is 55.4 Å². The molecule has 1 aliphatic rings. The van der Waals surface area contributed by atoms with E-state index < -0.39 is 54.4 Å². The normalized spacial score (nSPS) is 21.5. The monoisotopic (exact) mass is 612 g/mol. The number of hydrogen-bond donors (Lipinski definition) is 0. The Morgan fingerprint density at radius 3 is 2.05 bits per heavy atom. The third-order valence-electron chi connectivity index (χ3n) is 6.85. The molecule has 4 rings (SSSR count). The Morgan fingerprint density at radius 1 is 0.791 bits per heavy atom. The molecule has 2 heterocycles. The molecule has 1 aromatic heterocycles. The van der Waals surface area contributed by atoms with Crippen molar-refractivity contribution in [2.75, 3.05) is 6.61 Å². The Morgan fingerprint density at radius 2 is 1.42 bits per heavy atom. The molecule has 2 aromatic carbocycles. The molecule has 5 atom stereocenters. The van der Waals surface area contributed by atoms with Crippen LogP contribution in [0.2, 0.25) is 0 Å². The van der Waals surface area contributed by atoms with E-state index in [4.69, 9.17) is 23.7 Å². The van der Waals surface area contributed by atoms with Crippen LogP contribution >= 0.6 is 11.3 Å². The van der Waals surface area contributed by atoms with Gasteiger partial charge in [0.25, 0.3) is 0 Å². The third-order valence-corrected chi connectivity index (χ3v) is 7.98. The Bertz CT molecular complexity index is 1480. The highest BCUT2D eigenvalue weighted by atomic mass is 32.1. The van der Waals surface area contributed by atoms with Gasteiger partial charge in [0.2, 0.25) is 0 Å². The average Bonchev–Trinajstić information content (AvgIpc) is 3.39. The van der Waals surface area contributed by atoms with Gasteiger partial charge in [0.15, 0.2) is 18.3 Å². The standard InChI is InChI=1S/C32H33FO9S/c1-17-6-7-23(14-24(17)15-26-12-13-28(43-26)22-8-10-25(33)11-9-22)29-31(40-20(4)36)32(41-21(5)37)30(39-19(3)35)27(42-29)16-38-18(2)34/h6-14,27,29-32H,15-16H2,1-5H3/t27-,29+,30-,31-,32+/m1/s1. The van der Waals surface area contributed by atoms with Crippen molar-refractivity contribution in [3.63, 3.8) is 0 Å². The molecule has 0 saturated carbocycles. The highest BCUT2D eigenvalue weighted by Gasteiger charge is 2.52. The van der Waals surface area contributed by atoms with Crippen molar-refractivity contribution in [3.8, 4) is 10.4 Å². The number of carbonyl (C=O) groups is 4. The van der Waals surface area contributed by atoms with Crippen molar-refractivity contribution in [2.45, 2.75) is 71.6 Å². The number of rotatable bonds is 9. The minimum absolute atomic E-state index is 0.296. The zero-order valence-corrected chi connectivity index (χ0v) is 25.3. The fourth-order valence-electron chi connectivity index (χ4n) is 4.99. The van der Waals surface area contributed by atoms with Gasteiger partial charge in [-0.2, -0.15) is 0 Å². The quantitative estimate of drug-likeness (QED) is 0.236. The van der Waals surface area contributed by atoms with E-state index >= 15 is 0 Å². The summed E-state index contributed by atoms with van der Waals surface area (Å²) in [7, 11) is 0. The zero-order valence-electron chi connectivity index (χ0n) is 24.5. The second-order valence-corrected chi connectivity index (χ2v) is 11.4. The van der Waals surface area contributed by atoms with Crippen molar-refractivity contribution < 1.29 is 47.3 Å². The van der Waals surface area contributed by atoms with Gasteiger partial charge < -0.3 is 23.7 Å². The highest BCUT2D eigenvalue weighted by molar-refractivity contribution is 7.15. The van der Waals surface area contributed by atoms with E-state index in [9.17, 15) is 23.6 Å². The first kappa shape index (κ1) is 31.8. The summed E-state index contributed by atoms with van der Waals surface area (Å²) in [5, 5.41) is 0. The maximum absolute atomic E-state index is 13.4. The third kappa shape index (κ3) is 8.26. The molecule has 0 aliphatic carbocycles. The molecule has 43 heavy (non-hydrogen) atoms. The van der Waals surface area contributed by atoms with Crippen LogP contribution < -0.4 is 0 Å². The fourth-order valence-corrected chi connectivity index (χ4v) is 6.02. The van der Waals surface area contributed by atoms with Crippen LogP contribution in [0, 0.1) is 12.7 Å². The number of ether oxygens (including phenoxy) is 5. The first-order chi connectivity index (χ1) is 20.4. The Labute approximate surface area is 252 Å². The van der Waals surface area contributed by atoms with Crippen molar-refractivity contribution in [1.82, 2.24) is 0 Å². The lowest BCUT2D eigenvalue weighted by Crippen LogP contribution is -2.59. The van der Waals surface area contributed by atoms with Gasteiger partial charge in [-0.3, -0.25) is 19.2 Å². The number of benzene rings is 2. The van der Waals surface area contributed by atoms with Crippen molar-refractivity contribution in [2.24, 2.45) is 0 Å². The summed E-state index contributed by atoms with van der Waals surface area (Å²) in [5.74, 6) is -2.91. The number of halogens is 1. The minimum atomic E-state index is -1.25. The Kier molecular flexibility index (Phi) is 10.3. The fraction of sp³-hybridized carbons (Fsp3) is 0.375. The zero-order chi connectivity index (χ0) is 31.3. The predicted molar refractivity (Wildman–Crippen MR) is 155 cm³/mol. The number of esters is 4. The summed E-state index contributed by atoms with van der Waals surface area (Å²) >= 11 is 1.59. The van der Waals surface area contributed by atoms with Crippen molar-refractivity contribution in [3.05, 3.63) is 82.0 Å². The molecule has 11 heteroatoms. The van der Waals surface area contributed by atoms with E-state index in [1.165, 1.54) is 39.8 Å². The molecule has 0 spiro atoms. The van der Waals surface area contributed by atoms with Gasteiger partial charge in [-0.25, -0.2) is 4.39 Å². The number of thiophene rings is 1. The molecule has 1 saturated heterocycles. The lowest BCUT2D eigenvalue weighted by atomic mass is 9.88. The molecule has 3 aromatic rings. The maximum atomic E-state index is 13.4. The summed E-state index contributed by atoms with van der Waals surface area (Å²) in [6.07, 6.45) is -5.06. The minimum Gasteiger partial charge on any atom is -0.463 e. The molecule has 1 aliphatic heterocycles. The Hall–Kier alpha value is -4.09. The maximum Gasteiger partial charge on any atom is 0.303 e. The SMILES string of the molecule is CC(=O)OC[C@H]1O[C@@H](c2ccc(C)c(Cc3ccc(-c4ccc(F)cc4)s3)c2)[C@@H](OC(C)=O)[C@@H](OC(C)=O)[C@@H]1OC(C)=O. The molecule has 228 valence electrons. The molecular formula is C32H33FO9S. The first-order valence-electron chi connectivity index (χ1n) is 13.7. The van der Waals surface area contributed by atoms with E-state index in [0.29, 0.717) is 12.0 Å². The molecular weight excluding hydrogens is 579 g/mol. The summed E-state index contributed by atoms with van der Waals surface area (Å²) in [6.45, 7) is 6.48. The molecule has 9 nitrogen and oxygen atoms in total. The first-order valence-corrected chi connectivity index (χ1v) is 14.5. The van der Waals surface area contributed by atoms with Gasteiger partial charge >= 0.3 is 23.9 Å². The van der Waals surface area contributed by atoms with Gasteiger partial charge in [0, 0.05) is 43.9 Å². The number of carbonyl (C=O) groups excluding carboxylic acids is 4. The van der Waals surface area contributed by atoms with Crippen LogP contribution in [0.25, 0.3) is 10.4 Å². The smallest absolute Gasteiger partial charge is 0.303 e. The summed E-state index contributed by atoms with van der Waals surface area (Å²) in [4.78, 5) is 50.1. The van der Waals surface area contributed by atoms with Crippen molar-refractivity contribution >= 4 is 35.2 Å². The summed E-state index contributed by atoms with van der Waals surface area (Å²) in [5.41, 5.74) is 3.51. The van der Waals surface area contributed by atoms with Crippen LogP contribution in [-0.2, 0) is 49.3 Å². The van der Waals surface area contributed by atoms with Gasteiger partial charge in [-0.05, 0) is 53.4 Å². The van der Waals surface area contributed by atoms with E-state index in [1.54, 1.807) is 23.5 Å². The van der Waals surface area contributed by atoms with E-state index in [1.807, 2.05) is 37.3 Å². The number of aryl methyl sites for hydroxylation is 1. The van der Waals surface area contributed by atoms with Gasteiger partial charge in [-0.15, -0.1) is 11.3 Å². The van der Waals surface area contributed by atoms with Crippen LogP contribution in [0.3, 0.4) is 0 Å². The molecule has 0 amide bonds. The second-order valence-electron chi connectivity index (χ2n) is 10.3. The summed E-state index contributed by atoms with van der Waals surface area (Å²) in [6, 6.07) is 16.0. The second kappa shape index (κ2) is 13.9. The topological polar surface area (TPSA) is 114 Å². The van der Waals surface area contributed by atoms with Gasteiger partial charge in [0.05, 0.1) is 0 Å². The lowest BCUT2D eigenvalue weighted by molar-refractivity contribution is -0.254. The van der Waals surface area contributed by atoms with Crippen LogP contribution in [0.5, 0.6) is 0 Å². The van der Waals surface area contributed by atoms with Crippen LogP contribution in [0.4, 0.5) is 4.39 Å². The molecule has 1 fully saturated rings. The summed E-state index contributed by atoms with van der Waals surface area (Å²) < 4.78 is 41.6. The van der Waals surface area contributed by atoms with Crippen LogP contribution in [-0.4, -0.2) is 54.9 Å². The lowest BCUT2D eigenvalue weighted by Gasteiger charge is -2.44. The molecule has 0 radical (unpaired) electrons. The number of hydrogen-bond acceptors (Lipinski definition) is 10. The van der Waals surface area contributed by atoms with Crippen molar-refractivity contribution in [1.29, 1.82) is 0 Å². The Balaban J connectivity index is 1.70. The van der Waals surface area contributed by atoms with E-state index in [-0.39, 0.29) is 12.4 Å². The van der Waals surface area contributed by atoms with E-state index in [0.717, 1.165) is 26.4 Å².